The second-order valence-corrected chi connectivity index (χ2v) is 6.17. The first-order valence-electron chi connectivity index (χ1n) is 7.47. The van der Waals surface area contributed by atoms with E-state index in [0.717, 1.165) is 21.5 Å². The monoisotopic (exact) mass is 388 g/mol. The summed E-state index contributed by atoms with van der Waals surface area (Å²) >= 11 is 3.46. The summed E-state index contributed by atoms with van der Waals surface area (Å²) in [5, 5.41) is 0. The van der Waals surface area contributed by atoms with Crippen molar-refractivity contribution < 1.29 is 9.47 Å². The minimum atomic E-state index is 0.466. The van der Waals surface area contributed by atoms with Gasteiger partial charge < -0.3 is 14.4 Å². The third-order valence-electron chi connectivity index (χ3n) is 3.31. The maximum atomic E-state index is 5.36. The van der Waals surface area contributed by atoms with Crippen LogP contribution < -0.4 is 9.64 Å². The first kappa shape index (κ1) is 18.1. The Morgan fingerprint density at radius 3 is 2.33 bits per heavy atom. The number of hydrogen-bond acceptors (Lipinski definition) is 4. The van der Waals surface area contributed by atoms with Gasteiger partial charge in [-0.25, -0.2) is 4.99 Å². The van der Waals surface area contributed by atoms with E-state index in [4.69, 9.17) is 9.47 Å². The minimum Gasteiger partial charge on any atom is -0.496 e. The van der Waals surface area contributed by atoms with Crippen molar-refractivity contribution in [2.75, 3.05) is 32.7 Å². The largest absolute Gasteiger partial charge is 0.496 e. The molecule has 2 aromatic carbocycles. The van der Waals surface area contributed by atoms with E-state index < -0.39 is 0 Å². The molecule has 0 atom stereocenters. The fourth-order valence-corrected chi connectivity index (χ4v) is 2.77. The number of rotatable bonds is 3. The van der Waals surface area contributed by atoms with Gasteiger partial charge in [-0.05, 0) is 40.2 Å². The van der Waals surface area contributed by atoms with Crippen molar-refractivity contribution in [3.05, 3.63) is 70.8 Å². The van der Waals surface area contributed by atoms with Crippen LogP contribution in [0.3, 0.4) is 0 Å². The lowest BCUT2D eigenvalue weighted by atomic mass is 10.2. The molecule has 3 rings (SSSR count). The maximum absolute atomic E-state index is 5.36. The summed E-state index contributed by atoms with van der Waals surface area (Å²) < 4.78 is 11.7. The van der Waals surface area contributed by atoms with E-state index in [0.29, 0.717) is 12.5 Å². The molecule has 126 valence electrons. The van der Waals surface area contributed by atoms with Crippen LogP contribution in [0.15, 0.2) is 70.3 Å². The summed E-state index contributed by atoms with van der Waals surface area (Å²) in [6.07, 6.45) is 0. The van der Waals surface area contributed by atoms with Gasteiger partial charge in [-0.1, -0.05) is 30.8 Å². The second-order valence-electron chi connectivity index (χ2n) is 5.32. The van der Waals surface area contributed by atoms with Crippen LogP contribution >= 0.6 is 15.9 Å². The van der Waals surface area contributed by atoms with Crippen molar-refractivity contribution in [3.8, 4) is 5.75 Å². The van der Waals surface area contributed by atoms with E-state index in [1.54, 1.807) is 7.11 Å². The lowest BCUT2D eigenvalue weighted by Gasteiger charge is -2.13. The molecule has 0 radical (unpaired) electrons. The molecule has 0 aromatic heterocycles. The highest BCUT2D eigenvalue weighted by Crippen LogP contribution is 2.23. The fourth-order valence-electron chi connectivity index (χ4n) is 2.13. The van der Waals surface area contributed by atoms with Crippen molar-refractivity contribution in [3.63, 3.8) is 0 Å². The quantitative estimate of drug-likeness (QED) is 0.775. The number of methoxy groups -OCH3 is 1. The molecule has 0 aliphatic carbocycles. The highest BCUT2D eigenvalue weighted by molar-refractivity contribution is 9.10. The van der Waals surface area contributed by atoms with Crippen molar-refractivity contribution in [1.29, 1.82) is 0 Å². The SMILES string of the molecule is C=C1COC(c2ccccc2OC)=N1.CN(C)c1ccccc1Br. The highest BCUT2D eigenvalue weighted by atomic mass is 79.9. The molecule has 0 amide bonds. The number of ether oxygens (including phenoxy) is 2. The van der Waals surface area contributed by atoms with Gasteiger partial charge in [0.25, 0.3) is 0 Å². The Morgan fingerprint density at radius 1 is 1.12 bits per heavy atom. The molecule has 1 aliphatic heterocycles. The van der Waals surface area contributed by atoms with E-state index in [-0.39, 0.29) is 0 Å². The van der Waals surface area contributed by atoms with Crippen LogP contribution in [0.4, 0.5) is 5.69 Å². The number of para-hydroxylation sites is 2. The zero-order chi connectivity index (χ0) is 17.5. The van der Waals surface area contributed by atoms with Crippen LogP contribution in [0.2, 0.25) is 0 Å². The Kier molecular flexibility index (Phi) is 6.44. The van der Waals surface area contributed by atoms with Gasteiger partial charge in [0.15, 0.2) is 0 Å². The normalized spacial score (nSPS) is 12.7. The molecule has 0 unspecified atom stereocenters. The van der Waals surface area contributed by atoms with Gasteiger partial charge in [-0.2, -0.15) is 0 Å². The molecule has 5 heteroatoms. The topological polar surface area (TPSA) is 34.1 Å². The van der Waals surface area contributed by atoms with Crippen LogP contribution in [0.25, 0.3) is 0 Å². The molecule has 0 fully saturated rings. The van der Waals surface area contributed by atoms with Crippen LogP contribution in [-0.2, 0) is 4.74 Å². The molecule has 4 nitrogen and oxygen atoms in total. The Bertz CT molecular complexity index is 742. The van der Waals surface area contributed by atoms with Crippen molar-refractivity contribution in [1.82, 2.24) is 0 Å². The Balaban J connectivity index is 0.000000185. The standard InChI is InChI=1S/C11H11NO2.C8H10BrN/c1-8-7-14-11(12-8)9-5-3-4-6-10(9)13-2;1-10(2)8-6-4-3-5-7(8)9/h3-6H,1,7H2,2H3;3-6H,1-2H3. The molecule has 0 spiro atoms. The Morgan fingerprint density at radius 2 is 1.79 bits per heavy atom. The predicted molar refractivity (Wildman–Crippen MR) is 103 cm³/mol. The van der Waals surface area contributed by atoms with Crippen LogP contribution in [0.1, 0.15) is 5.56 Å². The van der Waals surface area contributed by atoms with Crippen LogP contribution in [0, 0.1) is 0 Å². The third kappa shape index (κ3) is 4.61. The van der Waals surface area contributed by atoms with Gasteiger partial charge in [0, 0.05) is 18.6 Å². The second kappa shape index (κ2) is 8.55. The van der Waals surface area contributed by atoms with Gasteiger partial charge in [-0.3, -0.25) is 0 Å². The maximum Gasteiger partial charge on any atom is 0.225 e. The first-order valence-corrected chi connectivity index (χ1v) is 8.26. The molecule has 2 aromatic rings. The molecule has 0 saturated heterocycles. The fraction of sp³-hybridized carbons (Fsp3) is 0.211. The van der Waals surface area contributed by atoms with Crippen LogP contribution in [0.5, 0.6) is 5.75 Å². The molecule has 24 heavy (non-hydrogen) atoms. The molecule has 0 saturated carbocycles. The smallest absolute Gasteiger partial charge is 0.225 e. The van der Waals surface area contributed by atoms with E-state index >= 15 is 0 Å². The number of benzene rings is 2. The van der Waals surface area contributed by atoms with Gasteiger partial charge in [0.1, 0.15) is 12.4 Å². The lowest BCUT2D eigenvalue weighted by Crippen LogP contribution is -2.08. The molecular formula is C19H21BrN2O2. The van der Waals surface area contributed by atoms with Gasteiger partial charge >= 0.3 is 0 Å². The summed E-state index contributed by atoms with van der Waals surface area (Å²) in [4.78, 5) is 6.26. The molecule has 0 bridgehead atoms. The Hall–Kier alpha value is -2.27. The van der Waals surface area contributed by atoms with E-state index in [1.807, 2.05) is 56.6 Å². The molecule has 1 aliphatic rings. The molecule has 0 N–H and O–H groups in total. The van der Waals surface area contributed by atoms with E-state index in [9.17, 15) is 0 Å². The summed E-state index contributed by atoms with van der Waals surface area (Å²) in [6.45, 7) is 4.20. The number of nitrogens with zero attached hydrogens (tertiary/aromatic N) is 2. The van der Waals surface area contributed by atoms with Crippen LogP contribution in [-0.4, -0.2) is 33.7 Å². The van der Waals surface area contributed by atoms with Gasteiger partial charge in [0.2, 0.25) is 5.90 Å². The first-order chi connectivity index (χ1) is 11.5. The van der Waals surface area contributed by atoms with Gasteiger partial charge in [-0.15, -0.1) is 0 Å². The summed E-state index contributed by atoms with van der Waals surface area (Å²) in [7, 11) is 5.68. The molecule has 1 heterocycles. The van der Waals surface area contributed by atoms with Gasteiger partial charge in [0.05, 0.1) is 24.1 Å². The van der Waals surface area contributed by atoms with Crippen molar-refractivity contribution in [2.45, 2.75) is 0 Å². The minimum absolute atomic E-state index is 0.466. The number of halogens is 1. The Labute approximate surface area is 151 Å². The average Bonchev–Trinajstić information content (AvgIpc) is 3.02. The summed E-state index contributed by atoms with van der Waals surface area (Å²) in [5.41, 5.74) is 2.82. The predicted octanol–water partition coefficient (Wildman–Crippen LogP) is 4.50. The number of anilines is 1. The van der Waals surface area contributed by atoms with E-state index in [1.165, 1.54) is 5.69 Å². The van der Waals surface area contributed by atoms with Crippen molar-refractivity contribution >= 4 is 27.5 Å². The lowest BCUT2D eigenvalue weighted by molar-refractivity contribution is 0.360. The highest BCUT2D eigenvalue weighted by Gasteiger charge is 2.16. The molecular weight excluding hydrogens is 368 g/mol. The van der Waals surface area contributed by atoms with E-state index in [2.05, 4.69) is 38.5 Å². The average molecular weight is 389 g/mol. The number of aliphatic imine (C=N–C) groups is 1. The summed E-state index contributed by atoms with van der Waals surface area (Å²) in [6, 6.07) is 15.8. The zero-order valence-electron chi connectivity index (χ0n) is 14.1. The number of hydrogen-bond donors (Lipinski definition) is 0. The van der Waals surface area contributed by atoms with Crippen molar-refractivity contribution in [2.24, 2.45) is 4.99 Å². The summed E-state index contributed by atoms with van der Waals surface area (Å²) in [5.74, 6) is 1.36. The third-order valence-corrected chi connectivity index (χ3v) is 3.98. The zero-order valence-corrected chi connectivity index (χ0v) is 15.7.